The predicted molar refractivity (Wildman–Crippen MR) is 154 cm³/mol. The van der Waals surface area contributed by atoms with E-state index < -0.39 is 15.8 Å². The summed E-state index contributed by atoms with van der Waals surface area (Å²) in [4.78, 5) is 16.6. The molecule has 3 atom stereocenters. The lowest BCUT2D eigenvalue weighted by Crippen LogP contribution is -2.44. The van der Waals surface area contributed by atoms with Crippen LogP contribution in [0.25, 0.3) is 10.4 Å². The van der Waals surface area contributed by atoms with Crippen molar-refractivity contribution in [3.8, 4) is 10.4 Å². The van der Waals surface area contributed by atoms with Crippen LogP contribution >= 0.6 is 22.9 Å². The Hall–Kier alpha value is -3.12. The summed E-state index contributed by atoms with van der Waals surface area (Å²) >= 11 is 7.75. The Balaban J connectivity index is 1.36. The van der Waals surface area contributed by atoms with Gasteiger partial charge in [-0.15, -0.1) is 16.4 Å². The van der Waals surface area contributed by atoms with Crippen molar-refractivity contribution < 1.29 is 17.6 Å². The average Bonchev–Trinajstić information content (AvgIpc) is 3.65. The number of aromatic nitrogens is 3. The number of hydrogen-bond donors (Lipinski definition) is 1. The summed E-state index contributed by atoms with van der Waals surface area (Å²) in [5, 5.41) is 11.0. The first-order valence-corrected chi connectivity index (χ1v) is 15.6. The van der Waals surface area contributed by atoms with Crippen LogP contribution in [0, 0.1) is 5.82 Å². The van der Waals surface area contributed by atoms with Gasteiger partial charge in [0.2, 0.25) is 10.0 Å². The maximum absolute atomic E-state index is 13.9. The fourth-order valence-electron chi connectivity index (χ4n) is 5.18. The molecule has 0 radical (unpaired) electrons. The van der Waals surface area contributed by atoms with Crippen LogP contribution in [0.15, 0.2) is 65.0 Å². The fourth-order valence-corrected chi connectivity index (χ4v) is 7.03. The van der Waals surface area contributed by atoms with Gasteiger partial charge >= 0.3 is 0 Å². The maximum Gasteiger partial charge on any atom is 0.254 e. The molecule has 12 heteroatoms. The van der Waals surface area contributed by atoms with Gasteiger partial charge in [-0.25, -0.2) is 22.2 Å². The van der Waals surface area contributed by atoms with Crippen LogP contribution < -0.4 is 4.72 Å². The van der Waals surface area contributed by atoms with Crippen LogP contribution in [0.2, 0.25) is 5.02 Å². The lowest BCUT2D eigenvalue weighted by Gasteiger charge is -2.37. The minimum absolute atomic E-state index is 0.0492. The molecule has 0 spiro atoms. The van der Waals surface area contributed by atoms with Crippen LogP contribution in [0.5, 0.6) is 0 Å². The molecule has 2 aromatic carbocycles. The zero-order valence-corrected chi connectivity index (χ0v) is 24.6. The van der Waals surface area contributed by atoms with Crippen molar-refractivity contribution in [1.29, 1.82) is 0 Å². The van der Waals surface area contributed by atoms with E-state index in [0.29, 0.717) is 35.5 Å². The molecule has 1 saturated heterocycles. The molecule has 40 heavy (non-hydrogen) atoms. The van der Waals surface area contributed by atoms with E-state index in [4.69, 9.17) is 11.6 Å². The van der Waals surface area contributed by atoms with Crippen LogP contribution in [-0.4, -0.2) is 53.9 Å². The number of piperidine rings is 1. The van der Waals surface area contributed by atoms with Crippen molar-refractivity contribution in [3.05, 3.63) is 87.8 Å². The summed E-state index contributed by atoms with van der Waals surface area (Å²) in [6, 6.07) is 12.5. The minimum atomic E-state index is -3.72. The van der Waals surface area contributed by atoms with E-state index in [1.54, 1.807) is 16.8 Å². The molecule has 1 aliphatic heterocycles. The summed E-state index contributed by atoms with van der Waals surface area (Å²) in [7, 11) is -2.37. The van der Waals surface area contributed by atoms with Gasteiger partial charge in [-0.1, -0.05) is 35.0 Å². The van der Waals surface area contributed by atoms with Crippen molar-refractivity contribution >= 4 is 38.9 Å². The Kier molecular flexibility index (Phi) is 8.10. The summed E-state index contributed by atoms with van der Waals surface area (Å²) in [5.41, 5.74) is 2.64. The number of thiophene rings is 1. The van der Waals surface area contributed by atoms with Crippen molar-refractivity contribution in [3.63, 3.8) is 0 Å². The summed E-state index contributed by atoms with van der Waals surface area (Å²) in [6.45, 7) is 4.41. The molecule has 1 N–H and O–H groups in total. The van der Waals surface area contributed by atoms with Gasteiger partial charge in [-0.05, 0) is 75.0 Å². The lowest BCUT2D eigenvalue weighted by molar-refractivity contribution is 0.0615. The Labute approximate surface area is 241 Å². The van der Waals surface area contributed by atoms with Gasteiger partial charge in [-0.2, -0.15) is 0 Å². The number of nitrogens with zero attached hydrogens (tertiary/aromatic N) is 4. The van der Waals surface area contributed by atoms with E-state index in [9.17, 15) is 17.6 Å². The van der Waals surface area contributed by atoms with Gasteiger partial charge in [0, 0.05) is 45.7 Å². The molecule has 5 rings (SSSR count). The highest BCUT2D eigenvalue weighted by atomic mass is 35.5. The number of halogens is 2. The van der Waals surface area contributed by atoms with Crippen LogP contribution in [-0.2, 0) is 10.0 Å². The van der Waals surface area contributed by atoms with E-state index >= 15 is 0 Å². The van der Waals surface area contributed by atoms with Gasteiger partial charge in [0.1, 0.15) is 5.82 Å². The molecular formula is C28H29ClFN5O3S2. The topological polar surface area (TPSA) is 97.2 Å². The highest BCUT2D eigenvalue weighted by Crippen LogP contribution is 2.35. The van der Waals surface area contributed by atoms with Gasteiger partial charge in [0.25, 0.3) is 5.91 Å². The quantitative estimate of drug-likeness (QED) is 0.292. The smallest absolute Gasteiger partial charge is 0.254 e. The second-order valence-electron chi connectivity index (χ2n) is 9.93. The van der Waals surface area contributed by atoms with Crippen LogP contribution in [0.4, 0.5) is 4.39 Å². The van der Waals surface area contributed by atoms with E-state index in [2.05, 4.69) is 15.0 Å². The fraction of sp³-hybridized carbons (Fsp3) is 0.321. The molecule has 1 aliphatic rings. The normalized spacial score (nSPS) is 18.6. The Bertz CT molecular complexity index is 1640. The Morgan fingerprint density at radius 3 is 2.70 bits per heavy atom. The second-order valence-corrected chi connectivity index (χ2v) is 13.2. The molecule has 0 bridgehead atoms. The number of amides is 1. The van der Waals surface area contributed by atoms with Crippen LogP contribution in [0.3, 0.4) is 0 Å². The van der Waals surface area contributed by atoms with E-state index in [-0.39, 0.29) is 28.8 Å². The molecule has 1 amide bonds. The molecule has 0 aliphatic carbocycles. The highest BCUT2D eigenvalue weighted by Gasteiger charge is 2.33. The van der Waals surface area contributed by atoms with E-state index in [1.165, 1.54) is 42.6 Å². The molecule has 4 aromatic rings. The summed E-state index contributed by atoms with van der Waals surface area (Å²) in [5.74, 6) is -0.504. The average molecular weight is 602 g/mol. The van der Waals surface area contributed by atoms with Gasteiger partial charge in [0.05, 0.1) is 16.6 Å². The number of carbonyl (C=O) groups excluding carboxylic acids is 1. The molecular weight excluding hydrogens is 573 g/mol. The Morgan fingerprint density at radius 1 is 1.23 bits per heavy atom. The number of rotatable bonds is 7. The third-order valence-corrected chi connectivity index (χ3v) is 10.1. The number of likely N-dealkylation sites (tertiary alicyclic amines) is 1. The molecule has 2 aromatic heterocycles. The van der Waals surface area contributed by atoms with Gasteiger partial charge in [-0.3, -0.25) is 4.79 Å². The molecule has 210 valence electrons. The van der Waals surface area contributed by atoms with Gasteiger partial charge < -0.3 is 4.90 Å². The zero-order chi connectivity index (χ0) is 28.6. The number of carbonyl (C=O) groups is 1. The molecule has 2 unspecified atom stereocenters. The third kappa shape index (κ3) is 5.56. The number of hydrogen-bond acceptors (Lipinski definition) is 6. The standard InChI is InChI=1S/C28H29ClFN5O3S2/c1-17-13-19(26-16-35(33-32-26)18(2)22-8-6-20(30)14-25(22)29)10-11-34(17)28(36)24-15-21(40(37,38)31-3)7-9-23(24)27-5-4-12-39-27/h4-9,12,14-19,31H,10-11,13H2,1-3H3/t17?,18-,19?/m0/s1. The highest BCUT2D eigenvalue weighted by molar-refractivity contribution is 7.89. The first-order valence-electron chi connectivity index (χ1n) is 12.9. The van der Waals surface area contributed by atoms with Crippen molar-refractivity contribution in [2.45, 2.75) is 49.6 Å². The second kappa shape index (κ2) is 11.4. The van der Waals surface area contributed by atoms with Crippen LogP contribution in [0.1, 0.15) is 60.3 Å². The van der Waals surface area contributed by atoms with Crippen molar-refractivity contribution in [2.24, 2.45) is 0 Å². The molecule has 8 nitrogen and oxygen atoms in total. The van der Waals surface area contributed by atoms with Crippen molar-refractivity contribution in [1.82, 2.24) is 24.6 Å². The molecule has 0 saturated carbocycles. The SMILES string of the molecule is CNS(=O)(=O)c1ccc(-c2cccs2)c(C(=O)N2CCC(c3cn([C@@H](C)c4ccc(F)cc4Cl)nn3)CC2C)c1. The van der Waals surface area contributed by atoms with E-state index in [1.807, 2.05) is 42.5 Å². The van der Waals surface area contributed by atoms with E-state index in [0.717, 1.165) is 16.1 Å². The summed E-state index contributed by atoms with van der Waals surface area (Å²) in [6.07, 6.45) is 3.25. The lowest BCUT2D eigenvalue weighted by atomic mass is 9.88. The van der Waals surface area contributed by atoms with Crippen molar-refractivity contribution in [2.75, 3.05) is 13.6 Å². The minimum Gasteiger partial charge on any atom is -0.336 e. The zero-order valence-electron chi connectivity index (χ0n) is 22.2. The number of benzene rings is 2. The molecule has 3 heterocycles. The van der Waals surface area contributed by atoms with Gasteiger partial charge in [0.15, 0.2) is 0 Å². The monoisotopic (exact) mass is 601 g/mol. The predicted octanol–water partition coefficient (Wildman–Crippen LogP) is 5.72. The first-order chi connectivity index (χ1) is 19.1. The molecule has 1 fully saturated rings. The Morgan fingerprint density at radius 2 is 2.02 bits per heavy atom. The number of sulfonamides is 1. The number of nitrogens with one attached hydrogen (secondary N) is 1. The first kappa shape index (κ1) is 28.4. The maximum atomic E-state index is 13.9. The summed E-state index contributed by atoms with van der Waals surface area (Å²) < 4.78 is 42.6. The third-order valence-electron chi connectivity index (χ3n) is 7.48. The largest absolute Gasteiger partial charge is 0.336 e.